The summed E-state index contributed by atoms with van der Waals surface area (Å²) in [5.74, 6) is -1.03. The summed E-state index contributed by atoms with van der Waals surface area (Å²) in [6.45, 7) is 6.46. The van der Waals surface area contributed by atoms with Gasteiger partial charge in [0.05, 0.1) is 6.42 Å². The van der Waals surface area contributed by atoms with Crippen LogP contribution in [0.1, 0.15) is 348 Å². The summed E-state index contributed by atoms with van der Waals surface area (Å²) in [5, 5.41) is 0. The van der Waals surface area contributed by atoms with Gasteiger partial charge in [-0.25, -0.2) is 0 Å². The fraction of sp³-hybridized carbons (Fsp3) is 0.770. The second-order valence-electron chi connectivity index (χ2n) is 23.1. The molecule has 0 N–H and O–H groups in total. The molecular formula is C74H130O6. The van der Waals surface area contributed by atoms with Crippen LogP contribution in [-0.4, -0.2) is 37.2 Å². The molecule has 0 aromatic rings. The van der Waals surface area contributed by atoms with Crippen LogP contribution >= 0.6 is 0 Å². The second-order valence-corrected chi connectivity index (χ2v) is 23.1. The van der Waals surface area contributed by atoms with E-state index in [9.17, 15) is 14.4 Å². The lowest BCUT2D eigenvalue weighted by Gasteiger charge is -2.18. The van der Waals surface area contributed by atoms with Crippen molar-refractivity contribution in [3.8, 4) is 0 Å². The molecule has 0 saturated heterocycles. The number of hydrogen-bond acceptors (Lipinski definition) is 6. The van der Waals surface area contributed by atoms with Crippen molar-refractivity contribution in [2.75, 3.05) is 13.2 Å². The van der Waals surface area contributed by atoms with Crippen LogP contribution in [0.15, 0.2) is 85.1 Å². The number of unbranched alkanes of at least 4 members (excludes halogenated alkanes) is 39. The monoisotopic (exact) mass is 1110 g/mol. The zero-order chi connectivity index (χ0) is 57.8. The van der Waals surface area contributed by atoms with Crippen molar-refractivity contribution in [3.63, 3.8) is 0 Å². The molecule has 0 saturated carbocycles. The van der Waals surface area contributed by atoms with Gasteiger partial charge in [-0.05, 0) is 77.0 Å². The van der Waals surface area contributed by atoms with Crippen molar-refractivity contribution in [2.45, 2.75) is 354 Å². The van der Waals surface area contributed by atoms with Crippen LogP contribution in [0.25, 0.3) is 0 Å². The molecule has 0 aromatic heterocycles. The molecule has 80 heavy (non-hydrogen) atoms. The van der Waals surface area contributed by atoms with Crippen LogP contribution in [0, 0.1) is 0 Å². The van der Waals surface area contributed by atoms with Gasteiger partial charge in [0.15, 0.2) is 6.10 Å². The SMILES string of the molecule is CC/C=C\C/C=C\C/C=C\C/C=C\C/C=C\CC(=O)OC(COC(=O)CCCCCCCCCCCCCC)COC(=O)CCCCCCCCCCCCCCCCCCCCCCCCC/C=C\C/C=C\CCCCCCC. The summed E-state index contributed by atoms with van der Waals surface area (Å²) >= 11 is 0. The molecule has 6 heteroatoms. The average molecular weight is 1120 g/mol. The third kappa shape index (κ3) is 65.4. The molecule has 0 aliphatic heterocycles. The molecule has 1 atom stereocenters. The van der Waals surface area contributed by atoms with Crippen LogP contribution < -0.4 is 0 Å². The Morgan fingerprint density at radius 2 is 0.525 bits per heavy atom. The van der Waals surface area contributed by atoms with Gasteiger partial charge >= 0.3 is 17.9 Å². The Morgan fingerprint density at radius 1 is 0.275 bits per heavy atom. The molecule has 0 heterocycles. The third-order valence-electron chi connectivity index (χ3n) is 15.2. The Hall–Kier alpha value is -3.41. The first-order valence-electron chi connectivity index (χ1n) is 34.6. The summed E-state index contributed by atoms with van der Waals surface area (Å²) < 4.78 is 16.8. The zero-order valence-electron chi connectivity index (χ0n) is 53.1. The highest BCUT2D eigenvalue weighted by molar-refractivity contribution is 5.72. The molecule has 0 fully saturated rings. The lowest BCUT2D eigenvalue weighted by molar-refractivity contribution is -0.166. The summed E-state index contributed by atoms with van der Waals surface area (Å²) in [5.41, 5.74) is 0. The normalized spacial score (nSPS) is 12.6. The largest absolute Gasteiger partial charge is 0.462 e. The van der Waals surface area contributed by atoms with Crippen LogP contribution in [-0.2, 0) is 28.6 Å². The minimum atomic E-state index is -0.828. The van der Waals surface area contributed by atoms with E-state index >= 15 is 0 Å². The molecule has 0 radical (unpaired) electrons. The Kier molecular flexibility index (Phi) is 65.2. The number of carbonyl (C=O) groups is 3. The zero-order valence-corrected chi connectivity index (χ0v) is 53.1. The molecule has 462 valence electrons. The van der Waals surface area contributed by atoms with Gasteiger partial charge in [0.1, 0.15) is 13.2 Å². The maximum absolute atomic E-state index is 12.8. The van der Waals surface area contributed by atoms with E-state index < -0.39 is 12.1 Å². The van der Waals surface area contributed by atoms with E-state index in [-0.39, 0.29) is 31.6 Å². The molecule has 0 aliphatic carbocycles. The van der Waals surface area contributed by atoms with Crippen molar-refractivity contribution in [2.24, 2.45) is 0 Å². The van der Waals surface area contributed by atoms with Gasteiger partial charge in [-0.3, -0.25) is 14.4 Å². The lowest BCUT2D eigenvalue weighted by atomic mass is 10.0. The van der Waals surface area contributed by atoms with Crippen LogP contribution in [0.5, 0.6) is 0 Å². The fourth-order valence-corrected chi connectivity index (χ4v) is 10.0. The maximum atomic E-state index is 12.8. The van der Waals surface area contributed by atoms with Gasteiger partial charge in [0.2, 0.25) is 0 Å². The highest BCUT2D eigenvalue weighted by Crippen LogP contribution is 2.18. The second kappa shape index (κ2) is 68.1. The summed E-state index contributed by atoms with van der Waals surface area (Å²) in [4.78, 5) is 38.2. The summed E-state index contributed by atoms with van der Waals surface area (Å²) in [7, 11) is 0. The molecular weight excluding hydrogens is 985 g/mol. The number of hydrogen-bond donors (Lipinski definition) is 0. The van der Waals surface area contributed by atoms with Gasteiger partial charge in [-0.1, -0.05) is 337 Å². The van der Waals surface area contributed by atoms with Crippen molar-refractivity contribution < 1.29 is 28.6 Å². The van der Waals surface area contributed by atoms with Crippen molar-refractivity contribution >= 4 is 17.9 Å². The van der Waals surface area contributed by atoms with Crippen LogP contribution in [0.4, 0.5) is 0 Å². The van der Waals surface area contributed by atoms with E-state index in [1.165, 1.54) is 231 Å². The minimum absolute atomic E-state index is 0.100. The molecule has 0 rings (SSSR count). The van der Waals surface area contributed by atoms with Crippen LogP contribution in [0.3, 0.4) is 0 Å². The van der Waals surface area contributed by atoms with E-state index in [0.29, 0.717) is 12.8 Å². The van der Waals surface area contributed by atoms with Gasteiger partial charge in [0.25, 0.3) is 0 Å². The van der Waals surface area contributed by atoms with Crippen molar-refractivity contribution in [1.82, 2.24) is 0 Å². The predicted molar refractivity (Wildman–Crippen MR) is 348 cm³/mol. The van der Waals surface area contributed by atoms with Crippen LogP contribution in [0.2, 0.25) is 0 Å². The first-order chi connectivity index (χ1) is 39.5. The Balaban J connectivity index is 4.10. The lowest BCUT2D eigenvalue weighted by Crippen LogP contribution is -2.30. The third-order valence-corrected chi connectivity index (χ3v) is 15.2. The number of ether oxygens (including phenoxy) is 3. The van der Waals surface area contributed by atoms with Gasteiger partial charge in [0, 0.05) is 12.8 Å². The minimum Gasteiger partial charge on any atom is -0.462 e. The number of allylic oxidation sites excluding steroid dienone is 13. The number of esters is 3. The molecule has 0 amide bonds. The average Bonchev–Trinajstić information content (AvgIpc) is 3.46. The first-order valence-corrected chi connectivity index (χ1v) is 34.6. The Morgan fingerprint density at radius 3 is 0.825 bits per heavy atom. The first kappa shape index (κ1) is 76.6. The fourth-order valence-electron chi connectivity index (χ4n) is 10.0. The number of carbonyl (C=O) groups excluding carboxylic acids is 3. The highest BCUT2D eigenvalue weighted by atomic mass is 16.6. The van der Waals surface area contributed by atoms with Gasteiger partial charge in [-0.2, -0.15) is 0 Å². The molecule has 0 aliphatic rings. The summed E-state index contributed by atoms with van der Waals surface area (Å²) in [6, 6.07) is 0. The van der Waals surface area contributed by atoms with E-state index in [4.69, 9.17) is 14.2 Å². The number of rotatable bonds is 63. The highest BCUT2D eigenvalue weighted by Gasteiger charge is 2.19. The Labute approximate surface area is 496 Å². The van der Waals surface area contributed by atoms with E-state index in [0.717, 1.165) is 77.0 Å². The molecule has 1 unspecified atom stereocenters. The molecule has 6 nitrogen and oxygen atoms in total. The Bertz CT molecular complexity index is 1520. The van der Waals surface area contributed by atoms with Crippen molar-refractivity contribution in [1.29, 1.82) is 0 Å². The molecule has 0 bridgehead atoms. The standard InChI is InChI=1S/C74H130O6/c1-4-7-10-13-16-19-22-25-27-28-29-30-31-32-33-34-35-36-37-38-39-40-41-42-43-44-45-46-48-49-52-55-58-61-64-67-73(76)79-70-71(69-78-72(75)66-63-60-57-54-51-24-21-18-15-12-9-6-3)80-74(77)68-65-62-59-56-53-50-47-26-23-20-17-14-11-8-5-2/h8,11,17,20,22,25-26,28-29,47,53,56,62,65,71H,4-7,9-10,12-16,18-19,21,23-24,27,30-46,48-52,54-55,57-61,63-64,66-70H2,1-3H3/b11-8-,20-17-,25-22-,29-28-,47-26-,56-53-,65-62-. The predicted octanol–water partition coefficient (Wildman–Crippen LogP) is 23.8. The summed E-state index contributed by atoms with van der Waals surface area (Å²) in [6.07, 6.45) is 90.9. The van der Waals surface area contributed by atoms with Gasteiger partial charge in [-0.15, -0.1) is 0 Å². The van der Waals surface area contributed by atoms with E-state index in [1.807, 2.05) is 6.08 Å². The maximum Gasteiger partial charge on any atom is 0.310 e. The van der Waals surface area contributed by atoms with Gasteiger partial charge < -0.3 is 14.2 Å². The topological polar surface area (TPSA) is 78.9 Å². The van der Waals surface area contributed by atoms with Crippen molar-refractivity contribution in [3.05, 3.63) is 85.1 Å². The quantitative estimate of drug-likeness (QED) is 0.0261. The molecule has 0 spiro atoms. The van der Waals surface area contributed by atoms with E-state index in [2.05, 4.69) is 93.7 Å². The van der Waals surface area contributed by atoms with E-state index in [1.54, 1.807) is 6.08 Å². The molecule has 0 aromatic carbocycles. The smallest absolute Gasteiger partial charge is 0.310 e.